The molecular weight excluding hydrogens is 1070 g/mol. The average Bonchev–Trinajstić information content (AvgIpc) is 3.48. The number of likely N-dealkylation sites (N-methyl/N-ethyl adjacent to an activating group) is 1. The summed E-state index contributed by atoms with van der Waals surface area (Å²) in [4.78, 5) is 23.4. The number of allylic oxidation sites excluding steroid dienone is 11. The number of rotatable bonds is 68. The van der Waals surface area contributed by atoms with Gasteiger partial charge >= 0.3 is 7.82 Å². The zero-order chi connectivity index (χ0) is 61.9. The average molecular weight is 1210 g/mol. The van der Waals surface area contributed by atoms with Gasteiger partial charge in [-0.3, -0.25) is 13.8 Å². The number of hydrogen-bond acceptors (Lipinski definition) is 5. The van der Waals surface area contributed by atoms with Gasteiger partial charge in [-0.1, -0.05) is 337 Å². The number of nitrogens with zero attached hydrogens (tertiary/aromatic N) is 1. The van der Waals surface area contributed by atoms with E-state index in [4.69, 9.17) is 9.05 Å². The molecular formula is C76H144N2O6P+. The lowest BCUT2D eigenvalue weighted by atomic mass is 10.0. The number of aliphatic hydroxyl groups excluding tert-OH is 1. The van der Waals surface area contributed by atoms with Gasteiger partial charge in [-0.2, -0.15) is 0 Å². The fourth-order valence-electron chi connectivity index (χ4n) is 10.9. The van der Waals surface area contributed by atoms with Crippen LogP contribution in [0.4, 0.5) is 0 Å². The van der Waals surface area contributed by atoms with Gasteiger partial charge in [-0.15, -0.1) is 0 Å². The summed E-state index contributed by atoms with van der Waals surface area (Å²) in [6, 6.07) is -0.872. The van der Waals surface area contributed by atoms with Crippen LogP contribution in [0.1, 0.15) is 354 Å². The van der Waals surface area contributed by atoms with E-state index in [1.165, 1.54) is 276 Å². The molecule has 0 aliphatic carbocycles. The predicted molar refractivity (Wildman–Crippen MR) is 373 cm³/mol. The summed E-state index contributed by atoms with van der Waals surface area (Å²) in [5.74, 6) is -0.185. The number of quaternary nitrogens is 1. The summed E-state index contributed by atoms with van der Waals surface area (Å²) < 4.78 is 23.8. The third kappa shape index (κ3) is 69.3. The number of carbonyl (C=O) groups is 1. The van der Waals surface area contributed by atoms with E-state index in [9.17, 15) is 19.4 Å². The van der Waals surface area contributed by atoms with Crippen LogP contribution in [-0.2, 0) is 18.4 Å². The van der Waals surface area contributed by atoms with Crippen molar-refractivity contribution in [3.8, 4) is 0 Å². The molecule has 0 aromatic heterocycles. The lowest BCUT2D eigenvalue weighted by Crippen LogP contribution is -2.45. The molecule has 0 spiro atoms. The molecule has 9 heteroatoms. The molecule has 85 heavy (non-hydrogen) atoms. The zero-order valence-corrected chi connectivity index (χ0v) is 58.0. The van der Waals surface area contributed by atoms with Gasteiger partial charge in [0.05, 0.1) is 39.9 Å². The van der Waals surface area contributed by atoms with E-state index < -0.39 is 20.0 Å². The highest BCUT2D eigenvalue weighted by Gasteiger charge is 2.28. The fourth-order valence-corrected chi connectivity index (χ4v) is 11.6. The first-order chi connectivity index (χ1) is 41.5. The molecule has 498 valence electrons. The first-order valence-electron chi connectivity index (χ1n) is 36.8. The van der Waals surface area contributed by atoms with Crippen LogP contribution in [0.5, 0.6) is 0 Å². The van der Waals surface area contributed by atoms with Crippen LogP contribution >= 0.6 is 7.82 Å². The monoisotopic (exact) mass is 1210 g/mol. The van der Waals surface area contributed by atoms with E-state index in [2.05, 4.69) is 79.9 Å². The molecule has 1 amide bonds. The first-order valence-corrected chi connectivity index (χ1v) is 38.3. The standard InChI is InChI=1S/C76H143N2O6P/c1-6-8-10-12-14-16-18-20-22-24-26-28-30-31-32-33-34-35-36-37-38-39-40-41-42-43-44-45-46-47-48-50-52-54-56-58-60-62-64-66-68-70-76(80)77-74(73-84-85(81,82)83-72-71-78(3,4)5)75(79)69-67-65-63-61-59-57-55-53-51-49-29-27-25-23-21-19-17-15-13-11-9-7-2/h18,20,24,26,30-31,51,53,59,61,67,69,74-75,79H,6-17,19,21-23,25,27-29,32-50,52,54-58,60,62-66,68,70-73H2,1-5H3,(H-,77,80,81,82)/p+1/b20-18-,26-24-,31-30-,53-51+,61-59+,69-67+. The van der Waals surface area contributed by atoms with Crippen LogP contribution < -0.4 is 5.32 Å². The number of hydrogen-bond donors (Lipinski definition) is 3. The summed E-state index contributed by atoms with van der Waals surface area (Å²) in [5.41, 5.74) is 0. The molecule has 0 saturated heterocycles. The van der Waals surface area contributed by atoms with Crippen molar-refractivity contribution in [2.75, 3.05) is 40.9 Å². The second-order valence-corrected chi connectivity index (χ2v) is 27.8. The van der Waals surface area contributed by atoms with Gasteiger partial charge in [0.15, 0.2) is 0 Å². The Kier molecular flexibility index (Phi) is 64.8. The third-order valence-corrected chi connectivity index (χ3v) is 17.6. The molecule has 0 aliphatic heterocycles. The van der Waals surface area contributed by atoms with E-state index in [1.54, 1.807) is 6.08 Å². The van der Waals surface area contributed by atoms with Gasteiger partial charge < -0.3 is 19.8 Å². The molecule has 0 fully saturated rings. The minimum Gasteiger partial charge on any atom is -0.387 e. The summed E-state index contributed by atoms with van der Waals surface area (Å²) in [5, 5.41) is 14.0. The molecule has 3 N–H and O–H groups in total. The number of phosphoric ester groups is 1. The van der Waals surface area contributed by atoms with Crippen LogP contribution in [-0.4, -0.2) is 73.4 Å². The summed E-state index contributed by atoms with van der Waals surface area (Å²) >= 11 is 0. The molecule has 3 unspecified atom stereocenters. The van der Waals surface area contributed by atoms with Gasteiger partial charge in [0.2, 0.25) is 5.91 Å². The van der Waals surface area contributed by atoms with E-state index in [0.29, 0.717) is 17.4 Å². The van der Waals surface area contributed by atoms with Crippen molar-refractivity contribution in [2.45, 2.75) is 366 Å². The smallest absolute Gasteiger partial charge is 0.387 e. The maximum absolute atomic E-state index is 13.0. The quantitative estimate of drug-likeness (QED) is 0.0243. The predicted octanol–water partition coefficient (Wildman–Crippen LogP) is 23.7. The molecule has 8 nitrogen and oxygen atoms in total. The maximum Gasteiger partial charge on any atom is 0.472 e. The topological polar surface area (TPSA) is 105 Å². The Morgan fingerprint density at radius 1 is 0.400 bits per heavy atom. The van der Waals surface area contributed by atoms with Crippen molar-refractivity contribution < 1.29 is 32.9 Å². The molecule has 0 heterocycles. The lowest BCUT2D eigenvalue weighted by Gasteiger charge is -2.25. The Balaban J connectivity index is 3.97. The highest BCUT2D eigenvalue weighted by Crippen LogP contribution is 2.43. The van der Waals surface area contributed by atoms with E-state index in [1.807, 2.05) is 27.2 Å². The Morgan fingerprint density at radius 2 is 0.682 bits per heavy atom. The van der Waals surface area contributed by atoms with E-state index in [-0.39, 0.29) is 19.1 Å². The summed E-state index contributed by atoms with van der Waals surface area (Å²) in [6.07, 6.45) is 93.7. The van der Waals surface area contributed by atoms with Crippen LogP contribution in [0.2, 0.25) is 0 Å². The normalized spacial score (nSPS) is 14.0. The van der Waals surface area contributed by atoms with Crippen molar-refractivity contribution in [3.05, 3.63) is 72.9 Å². The van der Waals surface area contributed by atoms with E-state index in [0.717, 1.165) is 57.8 Å². The Bertz CT molecular complexity index is 1620. The van der Waals surface area contributed by atoms with Gasteiger partial charge in [-0.25, -0.2) is 4.57 Å². The number of amides is 1. The van der Waals surface area contributed by atoms with Crippen molar-refractivity contribution in [3.63, 3.8) is 0 Å². The molecule has 3 atom stereocenters. The fraction of sp³-hybridized carbons (Fsp3) is 0.829. The van der Waals surface area contributed by atoms with Crippen molar-refractivity contribution in [1.29, 1.82) is 0 Å². The van der Waals surface area contributed by atoms with Crippen LogP contribution in [0, 0.1) is 0 Å². The zero-order valence-electron chi connectivity index (χ0n) is 57.1. The van der Waals surface area contributed by atoms with Gasteiger partial charge in [0.25, 0.3) is 0 Å². The summed E-state index contributed by atoms with van der Waals surface area (Å²) in [7, 11) is 1.56. The highest BCUT2D eigenvalue weighted by molar-refractivity contribution is 7.47. The minimum absolute atomic E-state index is 0.0536. The molecule has 0 saturated carbocycles. The number of carbonyl (C=O) groups excluding carboxylic acids is 1. The van der Waals surface area contributed by atoms with Crippen LogP contribution in [0.25, 0.3) is 0 Å². The molecule has 0 aromatic carbocycles. The molecule has 0 bridgehead atoms. The van der Waals surface area contributed by atoms with Crippen molar-refractivity contribution >= 4 is 13.7 Å². The number of phosphoric acid groups is 1. The molecule has 0 radical (unpaired) electrons. The molecule has 0 aromatic rings. The number of aliphatic hydroxyl groups is 1. The largest absolute Gasteiger partial charge is 0.472 e. The first kappa shape index (κ1) is 82.9. The van der Waals surface area contributed by atoms with Crippen LogP contribution in [0.3, 0.4) is 0 Å². The van der Waals surface area contributed by atoms with Gasteiger partial charge in [0.1, 0.15) is 13.2 Å². The van der Waals surface area contributed by atoms with Gasteiger partial charge in [0, 0.05) is 6.42 Å². The Labute approximate surface area is 529 Å². The van der Waals surface area contributed by atoms with Crippen LogP contribution in [0.15, 0.2) is 72.9 Å². The second-order valence-electron chi connectivity index (χ2n) is 26.3. The second kappa shape index (κ2) is 66.4. The number of nitrogens with one attached hydrogen (secondary N) is 1. The van der Waals surface area contributed by atoms with Gasteiger partial charge in [-0.05, 0) is 83.5 Å². The highest BCUT2D eigenvalue weighted by atomic mass is 31.2. The Morgan fingerprint density at radius 3 is 1.02 bits per heavy atom. The minimum atomic E-state index is -4.37. The third-order valence-electron chi connectivity index (χ3n) is 16.6. The van der Waals surface area contributed by atoms with Crippen molar-refractivity contribution in [1.82, 2.24) is 5.32 Å². The summed E-state index contributed by atoms with van der Waals surface area (Å²) in [6.45, 7) is 4.81. The lowest BCUT2D eigenvalue weighted by molar-refractivity contribution is -0.870. The Hall–Kier alpha value is -2.06. The maximum atomic E-state index is 13.0. The van der Waals surface area contributed by atoms with Crippen molar-refractivity contribution in [2.24, 2.45) is 0 Å². The number of unbranched alkanes of at least 4 members (excludes halogenated alkanes) is 45. The molecule has 0 aliphatic rings. The SMILES string of the molecule is CCCCCCC/C=C\C/C=C\C/C=C\CCCCCCCCCCCCCCCCCCCCCCCCCCCCC(=O)NC(COP(=O)(O)OCC[N+](C)(C)C)C(O)/C=C/CC/C=C/CC/C=C/CCCCCCCCCCCCCC. The molecule has 0 rings (SSSR count). The van der Waals surface area contributed by atoms with E-state index >= 15 is 0 Å².